The predicted molar refractivity (Wildman–Crippen MR) is 61.8 cm³/mol. The summed E-state index contributed by atoms with van der Waals surface area (Å²) in [5, 5.41) is 9.41. The molecule has 2 atom stereocenters. The van der Waals surface area contributed by atoms with Gasteiger partial charge in [-0.25, -0.2) is 0 Å². The predicted octanol–water partition coefficient (Wildman–Crippen LogP) is 2.16. The van der Waals surface area contributed by atoms with E-state index in [0.29, 0.717) is 25.9 Å². The first-order chi connectivity index (χ1) is 8.15. The summed E-state index contributed by atoms with van der Waals surface area (Å²) in [5.41, 5.74) is -1.15. The molecule has 2 rings (SSSR count). The summed E-state index contributed by atoms with van der Waals surface area (Å²) < 4.78 is 5.59. The van der Waals surface area contributed by atoms with Crippen molar-refractivity contribution in [2.75, 3.05) is 6.61 Å². The molecule has 1 aliphatic carbocycles. The molecule has 2 aliphatic rings. The van der Waals surface area contributed by atoms with Crippen molar-refractivity contribution in [3.05, 3.63) is 0 Å². The summed E-state index contributed by atoms with van der Waals surface area (Å²) in [6.07, 6.45) is 5.93. The number of aliphatic carboxylic acids is 1. The summed E-state index contributed by atoms with van der Waals surface area (Å²) in [7, 11) is 0. The quantitative estimate of drug-likeness (QED) is 0.768. The minimum atomic E-state index is -1.15. The number of carbonyl (C=O) groups is 2. The van der Waals surface area contributed by atoms with Crippen LogP contribution in [-0.2, 0) is 14.3 Å². The Morgan fingerprint density at radius 1 is 1.35 bits per heavy atom. The van der Waals surface area contributed by atoms with Gasteiger partial charge < -0.3 is 9.84 Å². The van der Waals surface area contributed by atoms with Crippen LogP contribution >= 0.6 is 0 Å². The Morgan fingerprint density at radius 3 is 2.76 bits per heavy atom. The van der Waals surface area contributed by atoms with Gasteiger partial charge in [0.15, 0.2) is 0 Å². The molecule has 0 aromatic rings. The molecule has 1 saturated carbocycles. The van der Waals surface area contributed by atoms with Gasteiger partial charge in [0, 0.05) is 13.0 Å². The number of ketones is 1. The lowest BCUT2D eigenvalue weighted by Gasteiger charge is -2.35. The van der Waals surface area contributed by atoms with Crippen molar-refractivity contribution in [1.82, 2.24) is 0 Å². The summed E-state index contributed by atoms with van der Waals surface area (Å²) in [6, 6.07) is 0. The molecule has 1 heterocycles. The van der Waals surface area contributed by atoms with Crippen LogP contribution in [0.1, 0.15) is 51.4 Å². The molecular formula is C13H20O4. The Kier molecular flexibility index (Phi) is 3.82. The zero-order chi connectivity index (χ0) is 12.3. The molecule has 1 N–H and O–H groups in total. The second kappa shape index (κ2) is 5.17. The molecule has 0 aromatic carbocycles. The molecule has 2 unspecified atom stereocenters. The van der Waals surface area contributed by atoms with Crippen LogP contribution in [0.5, 0.6) is 0 Å². The van der Waals surface area contributed by atoms with Gasteiger partial charge >= 0.3 is 5.97 Å². The Bertz CT molecular complexity index is 307. The maximum Gasteiger partial charge on any atom is 0.317 e. The van der Waals surface area contributed by atoms with Crippen LogP contribution in [0.4, 0.5) is 0 Å². The second-order valence-electron chi connectivity index (χ2n) is 5.21. The van der Waals surface area contributed by atoms with Crippen molar-refractivity contribution in [3.63, 3.8) is 0 Å². The molecule has 0 spiro atoms. The van der Waals surface area contributed by atoms with Crippen LogP contribution in [-0.4, -0.2) is 29.6 Å². The van der Waals surface area contributed by atoms with Gasteiger partial charge in [0.2, 0.25) is 0 Å². The van der Waals surface area contributed by atoms with E-state index < -0.39 is 11.4 Å². The highest BCUT2D eigenvalue weighted by atomic mass is 16.5. The molecule has 0 bridgehead atoms. The molecule has 0 aromatic heterocycles. The van der Waals surface area contributed by atoms with Crippen LogP contribution in [0.15, 0.2) is 0 Å². The third-order valence-corrected chi connectivity index (χ3v) is 4.05. The maximum absolute atomic E-state index is 12.0. The van der Waals surface area contributed by atoms with Gasteiger partial charge in [-0.15, -0.1) is 0 Å². The summed E-state index contributed by atoms with van der Waals surface area (Å²) in [5.74, 6) is -1.04. The number of carboxylic acids is 1. The average Bonchev–Trinajstić information content (AvgIpc) is 2.33. The summed E-state index contributed by atoms with van der Waals surface area (Å²) in [6.45, 7) is 0.703. The molecule has 96 valence electrons. The lowest BCUT2D eigenvalue weighted by Crippen LogP contribution is -2.45. The minimum Gasteiger partial charge on any atom is -0.480 e. The molecular weight excluding hydrogens is 220 g/mol. The maximum atomic E-state index is 12.0. The van der Waals surface area contributed by atoms with Gasteiger partial charge in [0.05, 0.1) is 6.10 Å². The van der Waals surface area contributed by atoms with E-state index in [2.05, 4.69) is 0 Å². The van der Waals surface area contributed by atoms with Gasteiger partial charge in [-0.2, -0.15) is 0 Å². The van der Waals surface area contributed by atoms with Crippen LogP contribution < -0.4 is 0 Å². The van der Waals surface area contributed by atoms with E-state index in [0.717, 1.165) is 32.1 Å². The van der Waals surface area contributed by atoms with E-state index in [-0.39, 0.29) is 11.9 Å². The molecule has 17 heavy (non-hydrogen) atoms. The monoisotopic (exact) mass is 240 g/mol. The molecule has 1 saturated heterocycles. The zero-order valence-corrected chi connectivity index (χ0v) is 10.1. The van der Waals surface area contributed by atoms with E-state index >= 15 is 0 Å². The van der Waals surface area contributed by atoms with Crippen LogP contribution in [0.2, 0.25) is 0 Å². The number of Topliss-reactive ketones (excluding diaryl/α,β-unsaturated/α-hetero) is 1. The number of ether oxygens (including phenoxy) is 1. The van der Waals surface area contributed by atoms with Crippen molar-refractivity contribution in [2.45, 2.75) is 57.5 Å². The minimum absolute atomic E-state index is 0.0399. The van der Waals surface area contributed by atoms with Crippen LogP contribution in [0.25, 0.3) is 0 Å². The largest absolute Gasteiger partial charge is 0.480 e. The lowest BCUT2D eigenvalue weighted by atomic mass is 9.69. The normalized spacial score (nSPS) is 34.6. The molecule has 0 amide bonds. The average molecular weight is 240 g/mol. The number of rotatable bonds is 3. The zero-order valence-electron chi connectivity index (χ0n) is 10.1. The molecule has 2 fully saturated rings. The first-order valence-corrected chi connectivity index (χ1v) is 6.53. The van der Waals surface area contributed by atoms with Crippen molar-refractivity contribution in [1.29, 1.82) is 0 Å². The van der Waals surface area contributed by atoms with Crippen molar-refractivity contribution >= 4 is 11.8 Å². The third kappa shape index (κ3) is 2.51. The van der Waals surface area contributed by atoms with Crippen molar-refractivity contribution in [3.8, 4) is 0 Å². The number of carboxylic acid groups (broad SMARTS) is 1. The van der Waals surface area contributed by atoms with Crippen LogP contribution in [0, 0.1) is 5.41 Å². The van der Waals surface area contributed by atoms with Crippen molar-refractivity contribution < 1.29 is 19.4 Å². The van der Waals surface area contributed by atoms with Gasteiger partial charge in [-0.3, -0.25) is 9.59 Å². The second-order valence-corrected chi connectivity index (χ2v) is 5.21. The lowest BCUT2D eigenvalue weighted by molar-refractivity contribution is -0.161. The van der Waals surface area contributed by atoms with E-state index in [1.54, 1.807) is 0 Å². The number of hydrogen-bond donors (Lipinski definition) is 1. The molecule has 1 aliphatic heterocycles. The Balaban J connectivity index is 2.10. The topological polar surface area (TPSA) is 63.6 Å². The fourth-order valence-corrected chi connectivity index (χ4v) is 2.98. The van der Waals surface area contributed by atoms with E-state index in [1.165, 1.54) is 0 Å². The van der Waals surface area contributed by atoms with Gasteiger partial charge in [-0.1, -0.05) is 6.42 Å². The first-order valence-electron chi connectivity index (χ1n) is 6.53. The Labute approximate surface area is 101 Å². The highest BCUT2D eigenvalue weighted by Gasteiger charge is 2.48. The van der Waals surface area contributed by atoms with Gasteiger partial charge in [-0.05, 0) is 38.5 Å². The third-order valence-electron chi connectivity index (χ3n) is 4.05. The highest BCUT2D eigenvalue weighted by Crippen LogP contribution is 2.39. The van der Waals surface area contributed by atoms with Gasteiger partial charge in [0.25, 0.3) is 0 Å². The highest BCUT2D eigenvalue weighted by molar-refractivity contribution is 6.03. The van der Waals surface area contributed by atoms with Crippen LogP contribution in [0.3, 0.4) is 0 Å². The SMILES string of the molecule is O=C(O)C1(CC2CCCCO2)CCCCC1=O. The first kappa shape index (κ1) is 12.6. The van der Waals surface area contributed by atoms with E-state index in [9.17, 15) is 14.7 Å². The fourth-order valence-electron chi connectivity index (χ4n) is 2.98. The smallest absolute Gasteiger partial charge is 0.317 e. The van der Waals surface area contributed by atoms with Crippen molar-refractivity contribution in [2.24, 2.45) is 5.41 Å². The number of carbonyl (C=O) groups excluding carboxylic acids is 1. The standard InChI is InChI=1S/C13H20O4/c14-11-6-1-3-7-13(11,12(15)16)9-10-5-2-4-8-17-10/h10H,1-9H2,(H,15,16). The van der Waals surface area contributed by atoms with Gasteiger partial charge in [0.1, 0.15) is 11.2 Å². The molecule has 4 heteroatoms. The number of hydrogen-bond acceptors (Lipinski definition) is 3. The van der Waals surface area contributed by atoms with E-state index in [1.807, 2.05) is 0 Å². The summed E-state index contributed by atoms with van der Waals surface area (Å²) >= 11 is 0. The summed E-state index contributed by atoms with van der Waals surface area (Å²) in [4.78, 5) is 23.5. The molecule has 0 radical (unpaired) electrons. The Hall–Kier alpha value is -0.900. The molecule has 4 nitrogen and oxygen atoms in total. The fraction of sp³-hybridized carbons (Fsp3) is 0.846. The Morgan fingerprint density at radius 2 is 2.18 bits per heavy atom. The van der Waals surface area contributed by atoms with E-state index in [4.69, 9.17) is 4.74 Å².